The molecule has 0 N–H and O–H groups in total. The lowest BCUT2D eigenvalue weighted by Gasteiger charge is -2.22. The van der Waals surface area contributed by atoms with Crippen LogP contribution in [0.1, 0.15) is 12.5 Å². The molecule has 3 aromatic rings. The highest BCUT2D eigenvalue weighted by Crippen LogP contribution is 2.24. The normalized spacial score (nSPS) is 12.4. The second kappa shape index (κ2) is 9.78. The predicted molar refractivity (Wildman–Crippen MR) is 120 cm³/mol. The van der Waals surface area contributed by atoms with E-state index in [1.54, 1.807) is 30.3 Å². The van der Waals surface area contributed by atoms with Crippen molar-refractivity contribution in [2.45, 2.75) is 18.4 Å². The molecular weight excluding hydrogens is 438 g/mol. The summed E-state index contributed by atoms with van der Waals surface area (Å²) in [4.78, 5) is 0.184. The first-order valence-corrected chi connectivity index (χ1v) is 12.8. The third-order valence-corrected chi connectivity index (χ3v) is 7.73. The molecule has 31 heavy (non-hydrogen) atoms. The summed E-state index contributed by atoms with van der Waals surface area (Å²) in [7, 11) is -5.99. The number of sulfonamides is 1. The van der Waals surface area contributed by atoms with Crippen LogP contribution in [0.4, 0.5) is 0 Å². The predicted octanol–water partition coefficient (Wildman–Crippen LogP) is 3.41. The topological polar surface area (TPSA) is 90.0 Å². The molecule has 0 fully saturated rings. The van der Waals surface area contributed by atoms with Gasteiger partial charge in [0.05, 0.1) is 17.3 Å². The summed E-state index contributed by atoms with van der Waals surface area (Å²) in [6, 6.07) is 19.0. The van der Waals surface area contributed by atoms with Crippen LogP contribution in [0.25, 0.3) is 10.8 Å². The molecule has 0 unspecified atom stereocenters. The Balaban J connectivity index is 1.92. The van der Waals surface area contributed by atoms with Gasteiger partial charge in [-0.15, -0.1) is 0 Å². The minimum absolute atomic E-state index is 0.0435. The van der Waals surface area contributed by atoms with Gasteiger partial charge in [0, 0.05) is 20.2 Å². The van der Waals surface area contributed by atoms with E-state index < -0.39 is 20.1 Å². The lowest BCUT2D eigenvalue weighted by atomic mass is 10.1. The van der Waals surface area contributed by atoms with E-state index in [9.17, 15) is 16.8 Å². The summed E-state index contributed by atoms with van der Waals surface area (Å²) in [5.74, 6) is -0.0118. The van der Waals surface area contributed by atoms with Crippen LogP contribution in [0.15, 0.2) is 71.6 Å². The van der Waals surface area contributed by atoms with Crippen LogP contribution >= 0.6 is 0 Å². The van der Waals surface area contributed by atoms with E-state index in [1.807, 2.05) is 24.3 Å². The van der Waals surface area contributed by atoms with Crippen molar-refractivity contribution in [3.63, 3.8) is 0 Å². The van der Waals surface area contributed by atoms with Crippen LogP contribution in [0.2, 0.25) is 0 Å². The zero-order chi connectivity index (χ0) is 22.5. The SMILES string of the molecule is CCS(=O)(=O)Oc1cccc(CN(CCOC)S(=O)(=O)c2ccc3ccccc3c2)c1. The molecule has 3 rings (SSSR count). The molecule has 0 aromatic heterocycles. The van der Waals surface area contributed by atoms with Crippen molar-refractivity contribution in [2.24, 2.45) is 0 Å². The van der Waals surface area contributed by atoms with Crippen molar-refractivity contribution in [3.05, 3.63) is 72.3 Å². The molecule has 0 atom stereocenters. The van der Waals surface area contributed by atoms with Crippen LogP contribution < -0.4 is 4.18 Å². The molecule has 0 heterocycles. The smallest absolute Gasteiger partial charge is 0.308 e. The fourth-order valence-corrected chi connectivity index (χ4v) is 5.02. The van der Waals surface area contributed by atoms with E-state index in [0.29, 0.717) is 5.56 Å². The highest BCUT2D eigenvalue weighted by Gasteiger charge is 2.25. The molecule has 7 nitrogen and oxygen atoms in total. The minimum atomic E-state index is -3.82. The largest absolute Gasteiger partial charge is 0.383 e. The Kier molecular flexibility index (Phi) is 7.32. The first-order valence-electron chi connectivity index (χ1n) is 9.74. The Bertz CT molecular complexity index is 1260. The molecule has 0 aliphatic rings. The molecule has 166 valence electrons. The Labute approximate surface area is 183 Å². The Hall–Kier alpha value is -2.46. The molecular formula is C22H25NO6S2. The average Bonchev–Trinajstić information content (AvgIpc) is 2.76. The van der Waals surface area contributed by atoms with Crippen molar-refractivity contribution in [1.82, 2.24) is 4.31 Å². The summed E-state index contributed by atoms with van der Waals surface area (Å²) in [6.07, 6.45) is 0. The van der Waals surface area contributed by atoms with Crippen molar-refractivity contribution in [1.29, 1.82) is 0 Å². The highest BCUT2D eigenvalue weighted by molar-refractivity contribution is 7.89. The summed E-state index contributed by atoms with van der Waals surface area (Å²) >= 11 is 0. The average molecular weight is 464 g/mol. The first-order chi connectivity index (χ1) is 14.7. The second-order valence-electron chi connectivity index (χ2n) is 6.92. The number of nitrogens with zero attached hydrogens (tertiary/aromatic N) is 1. The van der Waals surface area contributed by atoms with E-state index in [4.69, 9.17) is 8.92 Å². The molecule has 0 saturated carbocycles. The monoisotopic (exact) mass is 463 g/mol. The van der Waals surface area contributed by atoms with Crippen molar-refractivity contribution in [2.75, 3.05) is 26.0 Å². The van der Waals surface area contributed by atoms with Gasteiger partial charge in [-0.3, -0.25) is 0 Å². The van der Waals surface area contributed by atoms with E-state index in [-0.39, 0.29) is 36.1 Å². The summed E-state index contributed by atoms with van der Waals surface area (Å²) in [5, 5.41) is 1.78. The Morgan fingerprint density at radius 1 is 0.871 bits per heavy atom. The Morgan fingerprint density at radius 2 is 1.61 bits per heavy atom. The van der Waals surface area contributed by atoms with Crippen LogP contribution in [0.3, 0.4) is 0 Å². The zero-order valence-corrected chi connectivity index (χ0v) is 19.0. The molecule has 0 aliphatic carbocycles. The molecule has 0 spiro atoms. The molecule has 0 bridgehead atoms. The third kappa shape index (κ3) is 5.82. The van der Waals surface area contributed by atoms with Gasteiger partial charge < -0.3 is 8.92 Å². The van der Waals surface area contributed by atoms with E-state index in [2.05, 4.69) is 0 Å². The lowest BCUT2D eigenvalue weighted by molar-refractivity contribution is 0.177. The maximum atomic E-state index is 13.4. The van der Waals surface area contributed by atoms with Crippen molar-refractivity contribution in [3.8, 4) is 5.75 Å². The van der Waals surface area contributed by atoms with Gasteiger partial charge in [0.1, 0.15) is 5.75 Å². The van der Waals surface area contributed by atoms with E-state index in [1.165, 1.54) is 30.5 Å². The Morgan fingerprint density at radius 3 is 2.32 bits per heavy atom. The number of fused-ring (bicyclic) bond motifs is 1. The number of rotatable bonds is 10. The van der Waals surface area contributed by atoms with Crippen LogP contribution in [-0.2, 0) is 31.4 Å². The molecule has 0 saturated heterocycles. The van der Waals surface area contributed by atoms with Crippen LogP contribution in [0, 0.1) is 0 Å². The summed E-state index contributed by atoms with van der Waals surface area (Å²) < 4.78 is 61.8. The second-order valence-corrected chi connectivity index (χ2v) is 10.7. The number of benzene rings is 3. The minimum Gasteiger partial charge on any atom is -0.383 e. The van der Waals surface area contributed by atoms with Gasteiger partial charge in [-0.25, -0.2) is 8.42 Å². The van der Waals surface area contributed by atoms with Gasteiger partial charge in [-0.05, 0) is 47.5 Å². The number of hydrogen-bond acceptors (Lipinski definition) is 6. The van der Waals surface area contributed by atoms with Gasteiger partial charge in [-0.1, -0.05) is 42.5 Å². The summed E-state index contributed by atoms with van der Waals surface area (Å²) in [6.45, 7) is 1.89. The van der Waals surface area contributed by atoms with Gasteiger partial charge in [-0.2, -0.15) is 12.7 Å². The van der Waals surface area contributed by atoms with Crippen LogP contribution in [0.5, 0.6) is 5.75 Å². The van der Waals surface area contributed by atoms with E-state index in [0.717, 1.165) is 10.8 Å². The zero-order valence-electron chi connectivity index (χ0n) is 17.4. The maximum absolute atomic E-state index is 13.4. The molecule has 9 heteroatoms. The van der Waals surface area contributed by atoms with Crippen LogP contribution in [-0.4, -0.2) is 47.2 Å². The third-order valence-electron chi connectivity index (χ3n) is 4.74. The number of methoxy groups -OCH3 is 1. The molecule has 0 aliphatic heterocycles. The maximum Gasteiger partial charge on any atom is 0.308 e. The van der Waals surface area contributed by atoms with Crippen molar-refractivity contribution < 1.29 is 25.8 Å². The number of hydrogen-bond donors (Lipinski definition) is 0. The lowest BCUT2D eigenvalue weighted by Crippen LogP contribution is -2.33. The highest BCUT2D eigenvalue weighted by atomic mass is 32.2. The van der Waals surface area contributed by atoms with Gasteiger partial charge in [0.25, 0.3) is 0 Å². The van der Waals surface area contributed by atoms with Crippen molar-refractivity contribution >= 4 is 30.9 Å². The first kappa shape index (κ1) is 23.2. The number of ether oxygens (including phenoxy) is 1. The van der Waals surface area contributed by atoms with Gasteiger partial charge in [0.2, 0.25) is 10.0 Å². The standard InChI is InChI=1S/C22H25NO6S2/c1-3-30(24,25)29-21-10-6-7-18(15-21)17-23(13-14-28-2)31(26,27)22-12-11-19-8-4-5-9-20(19)16-22/h4-12,15-16H,3,13-14,17H2,1-2H3. The fourth-order valence-electron chi connectivity index (χ4n) is 3.06. The molecule has 0 radical (unpaired) electrons. The van der Waals surface area contributed by atoms with Gasteiger partial charge >= 0.3 is 10.1 Å². The van der Waals surface area contributed by atoms with E-state index >= 15 is 0 Å². The summed E-state index contributed by atoms with van der Waals surface area (Å²) in [5.41, 5.74) is 0.601. The molecule has 0 amide bonds. The molecule has 3 aromatic carbocycles. The fraction of sp³-hybridized carbons (Fsp3) is 0.273. The quantitative estimate of drug-likeness (QED) is 0.428. The van der Waals surface area contributed by atoms with Gasteiger partial charge in [0.15, 0.2) is 0 Å².